The molecule has 6 nitrogen and oxygen atoms in total. The van der Waals surface area contributed by atoms with Crippen LogP contribution < -0.4 is 0 Å². The van der Waals surface area contributed by atoms with Crippen LogP contribution in [-0.2, 0) is 31.8 Å². The van der Waals surface area contributed by atoms with Crippen molar-refractivity contribution < 1.29 is 37.0 Å². The monoisotopic (exact) mass is 427 g/mol. The minimum absolute atomic E-state index is 0.108. The van der Waals surface area contributed by atoms with Crippen molar-refractivity contribution in [2.45, 2.75) is 45.4 Å². The number of carbonyl (C=O) groups excluding carboxylic acids is 3. The van der Waals surface area contributed by atoms with Crippen molar-refractivity contribution in [3.63, 3.8) is 0 Å². The van der Waals surface area contributed by atoms with Crippen LogP contribution >= 0.6 is 0 Å². The Morgan fingerprint density at radius 1 is 1.07 bits per heavy atom. The zero-order chi connectivity index (χ0) is 21.9. The molecular weight excluding hydrogens is 403 g/mol. The Balaban J connectivity index is 1.82. The van der Waals surface area contributed by atoms with E-state index in [1.54, 1.807) is 0 Å². The maximum absolute atomic E-state index is 13.1. The van der Waals surface area contributed by atoms with Crippen LogP contribution in [0.2, 0.25) is 0 Å². The summed E-state index contributed by atoms with van der Waals surface area (Å²) >= 11 is 0. The Labute approximate surface area is 172 Å². The van der Waals surface area contributed by atoms with Crippen molar-refractivity contribution in [2.75, 3.05) is 19.8 Å². The number of nitrogens with zero attached hydrogens (tertiary/aromatic N) is 1. The maximum Gasteiger partial charge on any atom is 0.433 e. The second kappa shape index (κ2) is 9.34. The van der Waals surface area contributed by atoms with Gasteiger partial charge < -0.3 is 9.47 Å². The molecule has 1 aromatic heterocycles. The van der Waals surface area contributed by atoms with Gasteiger partial charge in [-0.3, -0.25) is 14.4 Å². The molecule has 3 rings (SSSR count). The van der Waals surface area contributed by atoms with E-state index in [2.05, 4.69) is 4.98 Å². The minimum Gasteiger partial charge on any atom is -0.379 e. The summed E-state index contributed by atoms with van der Waals surface area (Å²) < 4.78 is 49.9. The van der Waals surface area contributed by atoms with E-state index in [0.717, 1.165) is 12.5 Å². The van der Waals surface area contributed by atoms with E-state index in [0.29, 0.717) is 31.9 Å². The fourth-order valence-corrected chi connectivity index (χ4v) is 4.05. The van der Waals surface area contributed by atoms with Crippen LogP contribution in [0.5, 0.6) is 0 Å². The molecule has 30 heavy (non-hydrogen) atoms. The summed E-state index contributed by atoms with van der Waals surface area (Å²) in [6, 6.07) is 1.68. The molecule has 2 unspecified atom stereocenters. The molecule has 0 amide bonds. The van der Waals surface area contributed by atoms with E-state index in [-0.39, 0.29) is 42.9 Å². The molecule has 2 bridgehead atoms. The van der Waals surface area contributed by atoms with Crippen LogP contribution in [0.1, 0.15) is 54.4 Å². The predicted octanol–water partition coefficient (Wildman–Crippen LogP) is 3.41. The lowest BCUT2D eigenvalue weighted by molar-refractivity contribution is -0.141. The fourth-order valence-electron chi connectivity index (χ4n) is 4.05. The average Bonchev–Trinajstić information content (AvgIpc) is 3.15. The number of carbonyl (C=O) groups is 3. The number of pyridine rings is 1. The number of ketones is 3. The lowest BCUT2D eigenvalue weighted by Gasteiger charge is -2.25. The molecule has 2 aliphatic carbocycles. The number of fused-ring (bicyclic) bond motifs is 2. The standard InChI is InChI=1S/C21H24F3NO5/c1-2-7-29-8-9-30-11-15-14(5-6-16(25-15)21(22,23)24)20(28)17-18(26)12-3-4-13(10-12)19(17)27/h5-6,12-13,17H,2-4,7-11H2,1H3. The van der Waals surface area contributed by atoms with Crippen LogP contribution in [0.3, 0.4) is 0 Å². The van der Waals surface area contributed by atoms with E-state index < -0.39 is 35.1 Å². The number of hydrogen-bond acceptors (Lipinski definition) is 6. The summed E-state index contributed by atoms with van der Waals surface area (Å²) in [6.45, 7) is 2.47. The number of halogens is 3. The molecule has 0 saturated heterocycles. The van der Waals surface area contributed by atoms with E-state index >= 15 is 0 Å². The van der Waals surface area contributed by atoms with Crippen LogP contribution in [0.15, 0.2) is 12.1 Å². The molecule has 1 heterocycles. The third-order valence-electron chi connectivity index (χ3n) is 5.56. The smallest absolute Gasteiger partial charge is 0.379 e. The topological polar surface area (TPSA) is 82.6 Å². The molecular formula is C21H24F3NO5. The summed E-state index contributed by atoms with van der Waals surface area (Å²) in [5.74, 6) is -3.78. The first kappa shape index (κ1) is 22.6. The summed E-state index contributed by atoms with van der Waals surface area (Å²) in [4.78, 5) is 41.8. The molecule has 2 fully saturated rings. The van der Waals surface area contributed by atoms with Crippen LogP contribution in [0.4, 0.5) is 13.2 Å². The zero-order valence-electron chi connectivity index (χ0n) is 16.7. The Kier molecular flexibility index (Phi) is 7.02. The molecule has 0 aliphatic heterocycles. The Morgan fingerprint density at radius 3 is 2.30 bits per heavy atom. The van der Waals surface area contributed by atoms with Gasteiger partial charge in [-0.25, -0.2) is 4.98 Å². The molecule has 0 spiro atoms. The predicted molar refractivity (Wildman–Crippen MR) is 98.7 cm³/mol. The van der Waals surface area contributed by atoms with Gasteiger partial charge in [0.2, 0.25) is 0 Å². The molecule has 0 N–H and O–H groups in total. The van der Waals surface area contributed by atoms with E-state index in [9.17, 15) is 27.6 Å². The first-order valence-electron chi connectivity index (χ1n) is 10.1. The lowest BCUT2D eigenvalue weighted by Crippen LogP contribution is -2.42. The van der Waals surface area contributed by atoms with Gasteiger partial charge >= 0.3 is 6.18 Å². The number of ether oxygens (including phenoxy) is 2. The Bertz CT molecular complexity index is 801. The molecule has 0 aromatic carbocycles. The van der Waals surface area contributed by atoms with Crippen LogP contribution in [0.25, 0.3) is 0 Å². The number of aromatic nitrogens is 1. The third-order valence-corrected chi connectivity index (χ3v) is 5.56. The SMILES string of the molecule is CCCOCCOCc1nc(C(F)(F)F)ccc1C(=O)C1C(=O)C2CCC(C2)C1=O. The first-order chi connectivity index (χ1) is 14.2. The second-order valence-corrected chi connectivity index (χ2v) is 7.66. The van der Waals surface area contributed by atoms with Crippen molar-refractivity contribution in [2.24, 2.45) is 17.8 Å². The lowest BCUT2D eigenvalue weighted by atomic mass is 9.75. The molecule has 9 heteroatoms. The Morgan fingerprint density at radius 2 is 1.70 bits per heavy atom. The van der Waals surface area contributed by atoms with E-state index in [1.165, 1.54) is 0 Å². The summed E-state index contributed by atoms with van der Waals surface area (Å²) in [6.07, 6.45) is -2.29. The van der Waals surface area contributed by atoms with Crippen LogP contribution in [0, 0.1) is 17.8 Å². The summed E-state index contributed by atoms with van der Waals surface area (Å²) in [5, 5.41) is 0. The van der Waals surface area contributed by atoms with Crippen molar-refractivity contribution >= 4 is 17.3 Å². The van der Waals surface area contributed by atoms with Gasteiger partial charge in [0, 0.05) is 24.0 Å². The number of hydrogen-bond donors (Lipinski definition) is 0. The highest BCUT2D eigenvalue weighted by molar-refractivity contribution is 6.26. The van der Waals surface area contributed by atoms with Gasteiger partial charge in [0.05, 0.1) is 25.5 Å². The van der Waals surface area contributed by atoms with Crippen molar-refractivity contribution in [3.05, 3.63) is 29.1 Å². The quantitative estimate of drug-likeness (QED) is 0.341. The first-order valence-corrected chi connectivity index (χ1v) is 10.1. The van der Waals surface area contributed by atoms with Gasteiger partial charge in [-0.05, 0) is 37.8 Å². The molecule has 2 saturated carbocycles. The van der Waals surface area contributed by atoms with E-state index in [4.69, 9.17) is 9.47 Å². The minimum atomic E-state index is -4.70. The highest BCUT2D eigenvalue weighted by Crippen LogP contribution is 2.41. The highest BCUT2D eigenvalue weighted by Gasteiger charge is 2.50. The number of rotatable bonds is 9. The number of Topliss-reactive ketones (excluding diaryl/α,β-unsaturated/α-hetero) is 3. The van der Waals surface area contributed by atoms with E-state index in [1.807, 2.05) is 6.92 Å². The normalized spacial score (nSPS) is 23.8. The largest absolute Gasteiger partial charge is 0.433 e. The van der Waals surface area contributed by atoms with Gasteiger partial charge in [0.25, 0.3) is 0 Å². The Hall–Kier alpha value is -2.13. The van der Waals surface area contributed by atoms with Crippen molar-refractivity contribution in [3.8, 4) is 0 Å². The van der Waals surface area contributed by atoms with Crippen molar-refractivity contribution in [1.82, 2.24) is 4.98 Å². The molecule has 0 radical (unpaired) electrons. The van der Waals surface area contributed by atoms with Gasteiger partial charge in [0.1, 0.15) is 11.6 Å². The van der Waals surface area contributed by atoms with Gasteiger partial charge in [-0.1, -0.05) is 6.92 Å². The number of alkyl halides is 3. The summed E-state index contributed by atoms with van der Waals surface area (Å²) in [5.41, 5.74) is -1.57. The van der Waals surface area contributed by atoms with Gasteiger partial charge in [0.15, 0.2) is 17.3 Å². The average molecular weight is 427 g/mol. The third kappa shape index (κ3) is 4.78. The molecule has 1 aromatic rings. The molecule has 164 valence electrons. The summed E-state index contributed by atoms with van der Waals surface area (Å²) in [7, 11) is 0. The highest BCUT2D eigenvalue weighted by atomic mass is 19.4. The molecule has 2 aliphatic rings. The van der Waals surface area contributed by atoms with Gasteiger partial charge in [-0.15, -0.1) is 0 Å². The van der Waals surface area contributed by atoms with Gasteiger partial charge in [-0.2, -0.15) is 13.2 Å². The maximum atomic E-state index is 13.1. The second-order valence-electron chi connectivity index (χ2n) is 7.66. The zero-order valence-corrected chi connectivity index (χ0v) is 16.7. The molecule has 2 atom stereocenters. The fraction of sp³-hybridized carbons (Fsp3) is 0.619. The van der Waals surface area contributed by atoms with Crippen LogP contribution in [-0.4, -0.2) is 42.2 Å². The van der Waals surface area contributed by atoms with Crippen molar-refractivity contribution in [1.29, 1.82) is 0 Å².